The molecule has 0 aliphatic rings. The maximum atomic E-state index is 13.4. The van der Waals surface area contributed by atoms with Crippen LogP contribution in [0.5, 0.6) is 0 Å². The Morgan fingerprint density at radius 3 is 2.71 bits per heavy atom. The van der Waals surface area contributed by atoms with Gasteiger partial charge in [0.15, 0.2) is 0 Å². The van der Waals surface area contributed by atoms with Crippen molar-refractivity contribution in [3.63, 3.8) is 0 Å². The zero-order valence-electron chi connectivity index (χ0n) is 10.0. The highest BCUT2D eigenvalue weighted by Crippen LogP contribution is 2.17. The van der Waals surface area contributed by atoms with Crippen molar-refractivity contribution in [1.82, 2.24) is 5.32 Å². The van der Waals surface area contributed by atoms with Crippen LogP contribution in [0.1, 0.15) is 37.8 Å². The molecule has 0 aliphatic carbocycles. The van der Waals surface area contributed by atoms with Gasteiger partial charge in [-0.25, -0.2) is 8.78 Å². The lowest BCUT2D eigenvalue weighted by Gasteiger charge is -2.15. The van der Waals surface area contributed by atoms with E-state index >= 15 is 0 Å². The van der Waals surface area contributed by atoms with Crippen molar-refractivity contribution >= 4 is 0 Å². The van der Waals surface area contributed by atoms with E-state index in [0.29, 0.717) is 5.56 Å². The van der Waals surface area contributed by atoms with Gasteiger partial charge in [0.2, 0.25) is 0 Å². The Morgan fingerprint density at radius 1 is 1.24 bits per heavy atom. The van der Waals surface area contributed by atoms with Gasteiger partial charge in [0.05, 0.1) is 0 Å². The molecule has 96 valence electrons. The highest BCUT2D eigenvalue weighted by Gasteiger charge is 2.10. The Balaban J connectivity index is 2.41. The molecule has 1 atom stereocenters. The largest absolute Gasteiger partial charge is 0.396 e. The van der Waals surface area contributed by atoms with E-state index in [1.807, 2.05) is 6.92 Å². The van der Waals surface area contributed by atoms with Gasteiger partial charge in [0.1, 0.15) is 11.6 Å². The molecular weight excluding hydrogens is 224 g/mol. The van der Waals surface area contributed by atoms with Crippen molar-refractivity contribution in [2.45, 2.75) is 32.2 Å². The summed E-state index contributed by atoms with van der Waals surface area (Å²) >= 11 is 0. The Kier molecular flexibility index (Phi) is 6.08. The van der Waals surface area contributed by atoms with E-state index in [9.17, 15) is 8.78 Å². The molecule has 0 bridgehead atoms. The average molecular weight is 243 g/mol. The lowest BCUT2D eigenvalue weighted by atomic mass is 10.1. The maximum Gasteiger partial charge on any atom is 0.128 e. The molecule has 0 aromatic heterocycles. The molecule has 0 spiro atoms. The van der Waals surface area contributed by atoms with Crippen molar-refractivity contribution in [2.75, 3.05) is 13.2 Å². The van der Waals surface area contributed by atoms with Gasteiger partial charge in [-0.15, -0.1) is 0 Å². The third-order valence-corrected chi connectivity index (χ3v) is 2.71. The third kappa shape index (κ3) is 4.79. The fraction of sp³-hybridized carbons (Fsp3) is 0.538. The van der Waals surface area contributed by atoms with Crippen molar-refractivity contribution in [1.29, 1.82) is 0 Å². The van der Waals surface area contributed by atoms with E-state index in [1.165, 1.54) is 6.07 Å². The van der Waals surface area contributed by atoms with Crippen LogP contribution in [0.4, 0.5) is 8.78 Å². The molecule has 0 amide bonds. The minimum atomic E-state index is -0.421. The van der Waals surface area contributed by atoms with E-state index in [1.54, 1.807) is 0 Å². The molecule has 0 saturated carbocycles. The summed E-state index contributed by atoms with van der Waals surface area (Å²) in [5.74, 6) is -0.808. The summed E-state index contributed by atoms with van der Waals surface area (Å²) in [4.78, 5) is 0. The first-order valence-corrected chi connectivity index (χ1v) is 5.94. The zero-order valence-corrected chi connectivity index (χ0v) is 10.0. The van der Waals surface area contributed by atoms with Crippen LogP contribution in [0.3, 0.4) is 0 Å². The lowest BCUT2D eigenvalue weighted by molar-refractivity contribution is 0.282. The third-order valence-electron chi connectivity index (χ3n) is 2.71. The summed E-state index contributed by atoms with van der Waals surface area (Å²) in [5.41, 5.74) is 0.354. The predicted molar refractivity (Wildman–Crippen MR) is 63.7 cm³/mol. The molecule has 0 heterocycles. The molecule has 2 N–H and O–H groups in total. The van der Waals surface area contributed by atoms with Crippen LogP contribution in [0.15, 0.2) is 18.2 Å². The Bertz CT molecular complexity index is 344. The molecule has 4 heteroatoms. The first-order valence-electron chi connectivity index (χ1n) is 5.94. The molecule has 1 aromatic rings. The topological polar surface area (TPSA) is 32.3 Å². The highest BCUT2D eigenvalue weighted by atomic mass is 19.1. The maximum absolute atomic E-state index is 13.4. The van der Waals surface area contributed by atoms with E-state index < -0.39 is 5.82 Å². The average Bonchev–Trinajstić information content (AvgIpc) is 2.32. The molecule has 0 fully saturated rings. The Morgan fingerprint density at radius 2 is 2.00 bits per heavy atom. The van der Waals surface area contributed by atoms with Crippen LogP contribution in [0, 0.1) is 11.6 Å². The van der Waals surface area contributed by atoms with Crippen LogP contribution >= 0.6 is 0 Å². The van der Waals surface area contributed by atoms with Gasteiger partial charge in [0.25, 0.3) is 0 Å². The fourth-order valence-electron chi connectivity index (χ4n) is 1.69. The smallest absolute Gasteiger partial charge is 0.128 e. The number of halogens is 2. The monoisotopic (exact) mass is 243 g/mol. The van der Waals surface area contributed by atoms with E-state index in [0.717, 1.165) is 37.9 Å². The number of hydrogen-bond donors (Lipinski definition) is 2. The SMILES string of the molecule is CC(NCCCCCO)c1cc(F)ccc1F. The van der Waals surface area contributed by atoms with Gasteiger partial charge in [-0.2, -0.15) is 0 Å². The fourth-order valence-corrected chi connectivity index (χ4v) is 1.69. The van der Waals surface area contributed by atoms with Gasteiger partial charge in [-0.3, -0.25) is 0 Å². The van der Waals surface area contributed by atoms with Crippen molar-refractivity contribution in [3.05, 3.63) is 35.4 Å². The standard InChI is InChI=1S/C13H19F2NO/c1-10(16-7-3-2-4-8-17)12-9-11(14)5-6-13(12)15/h5-6,9-10,16-17H,2-4,7-8H2,1H3. The molecule has 0 aliphatic heterocycles. The number of aliphatic hydroxyl groups excluding tert-OH is 1. The second kappa shape index (κ2) is 7.35. The highest BCUT2D eigenvalue weighted by molar-refractivity contribution is 5.21. The molecular formula is C13H19F2NO. The number of nitrogens with one attached hydrogen (secondary N) is 1. The Hall–Kier alpha value is -1.00. The predicted octanol–water partition coefficient (Wildman–Crippen LogP) is 2.78. The molecule has 2 nitrogen and oxygen atoms in total. The van der Waals surface area contributed by atoms with Gasteiger partial charge < -0.3 is 10.4 Å². The quantitative estimate of drug-likeness (QED) is 0.722. The number of aliphatic hydroxyl groups is 1. The van der Waals surface area contributed by atoms with Crippen molar-refractivity contribution in [2.24, 2.45) is 0 Å². The van der Waals surface area contributed by atoms with Crippen LogP contribution < -0.4 is 5.32 Å². The summed E-state index contributed by atoms with van der Waals surface area (Å²) in [6.07, 6.45) is 2.63. The molecule has 1 aromatic carbocycles. The number of rotatable bonds is 7. The van der Waals surface area contributed by atoms with Crippen LogP contribution in [0.25, 0.3) is 0 Å². The summed E-state index contributed by atoms with van der Waals surface area (Å²) in [6, 6.07) is 3.28. The number of hydrogen-bond acceptors (Lipinski definition) is 2. The van der Waals surface area contributed by atoms with Gasteiger partial charge >= 0.3 is 0 Å². The number of benzene rings is 1. The lowest BCUT2D eigenvalue weighted by Crippen LogP contribution is -2.21. The van der Waals surface area contributed by atoms with Crippen LogP contribution in [-0.2, 0) is 0 Å². The van der Waals surface area contributed by atoms with Crippen LogP contribution in [-0.4, -0.2) is 18.3 Å². The summed E-state index contributed by atoms with van der Waals surface area (Å²) in [6.45, 7) is 2.75. The second-order valence-electron chi connectivity index (χ2n) is 4.13. The van der Waals surface area contributed by atoms with Gasteiger partial charge in [0, 0.05) is 18.2 Å². The number of unbranched alkanes of at least 4 members (excludes halogenated alkanes) is 2. The normalized spacial score (nSPS) is 12.7. The Labute approximate surface area is 101 Å². The first-order chi connectivity index (χ1) is 8.15. The second-order valence-corrected chi connectivity index (χ2v) is 4.13. The van der Waals surface area contributed by atoms with Gasteiger partial charge in [-0.05, 0) is 50.9 Å². The molecule has 1 unspecified atom stereocenters. The minimum Gasteiger partial charge on any atom is -0.396 e. The van der Waals surface area contributed by atoms with Crippen molar-refractivity contribution in [3.8, 4) is 0 Å². The molecule has 0 saturated heterocycles. The summed E-state index contributed by atoms with van der Waals surface area (Å²) in [7, 11) is 0. The van der Waals surface area contributed by atoms with E-state index in [-0.39, 0.29) is 18.5 Å². The van der Waals surface area contributed by atoms with E-state index in [2.05, 4.69) is 5.32 Å². The van der Waals surface area contributed by atoms with Crippen molar-refractivity contribution < 1.29 is 13.9 Å². The summed E-state index contributed by atoms with van der Waals surface area (Å²) < 4.78 is 26.4. The minimum absolute atomic E-state index is 0.202. The summed E-state index contributed by atoms with van der Waals surface area (Å²) in [5, 5.41) is 11.7. The van der Waals surface area contributed by atoms with E-state index in [4.69, 9.17) is 5.11 Å². The van der Waals surface area contributed by atoms with Gasteiger partial charge in [-0.1, -0.05) is 0 Å². The molecule has 0 radical (unpaired) electrons. The zero-order chi connectivity index (χ0) is 12.7. The van der Waals surface area contributed by atoms with Crippen LogP contribution in [0.2, 0.25) is 0 Å². The molecule has 17 heavy (non-hydrogen) atoms. The first kappa shape index (κ1) is 14.1. The molecule has 1 rings (SSSR count).